The molecule has 0 saturated carbocycles. The van der Waals surface area contributed by atoms with Gasteiger partial charge in [-0.25, -0.2) is 0 Å². The molecule has 1 aromatic carbocycles. The SMILES string of the molecule is CCOC(=O)CCCCCN1C[C@@H](C)N(Cc2ccccc2)[C@@H](C)C1. The number of rotatable bonds is 9. The molecule has 0 bridgehead atoms. The number of carbonyl (C=O) groups is 1. The number of unbranched alkanes of at least 4 members (excludes halogenated alkanes) is 2. The number of carbonyl (C=O) groups excluding carboxylic acids is 1. The van der Waals surface area contributed by atoms with E-state index in [1.165, 1.54) is 5.56 Å². The lowest BCUT2D eigenvalue weighted by atomic mass is 10.1. The Balaban J connectivity index is 1.68. The van der Waals surface area contributed by atoms with Crippen molar-refractivity contribution in [3.63, 3.8) is 0 Å². The van der Waals surface area contributed by atoms with Crippen LogP contribution in [0.2, 0.25) is 0 Å². The van der Waals surface area contributed by atoms with Gasteiger partial charge in [0.25, 0.3) is 0 Å². The summed E-state index contributed by atoms with van der Waals surface area (Å²) in [5.41, 5.74) is 1.40. The van der Waals surface area contributed by atoms with Crippen LogP contribution in [0, 0.1) is 0 Å². The minimum Gasteiger partial charge on any atom is -0.466 e. The molecule has 1 heterocycles. The molecule has 4 nitrogen and oxygen atoms in total. The quantitative estimate of drug-likeness (QED) is 0.504. The first kappa shape index (κ1) is 19.9. The molecule has 2 rings (SSSR count). The van der Waals surface area contributed by atoms with E-state index in [4.69, 9.17) is 4.74 Å². The lowest BCUT2D eigenvalue weighted by Crippen LogP contribution is -2.56. The van der Waals surface area contributed by atoms with Crippen LogP contribution in [0.15, 0.2) is 30.3 Å². The fourth-order valence-corrected chi connectivity index (χ4v) is 3.77. The van der Waals surface area contributed by atoms with Crippen molar-refractivity contribution < 1.29 is 9.53 Å². The fraction of sp³-hybridized carbons (Fsp3) is 0.667. The van der Waals surface area contributed by atoms with Gasteiger partial charge in [0, 0.05) is 38.1 Å². The minimum atomic E-state index is -0.0562. The molecule has 140 valence electrons. The van der Waals surface area contributed by atoms with Gasteiger partial charge in [0.05, 0.1) is 6.61 Å². The molecule has 2 atom stereocenters. The highest BCUT2D eigenvalue weighted by Gasteiger charge is 2.28. The second-order valence-electron chi connectivity index (χ2n) is 7.23. The van der Waals surface area contributed by atoms with Crippen molar-refractivity contribution in [1.82, 2.24) is 9.80 Å². The Morgan fingerprint density at radius 1 is 1.08 bits per heavy atom. The lowest BCUT2D eigenvalue weighted by molar-refractivity contribution is -0.143. The van der Waals surface area contributed by atoms with Crippen LogP contribution in [-0.2, 0) is 16.1 Å². The average Bonchev–Trinajstić information content (AvgIpc) is 2.59. The number of piperazine rings is 1. The molecule has 0 aromatic heterocycles. The van der Waals surface area contributed by atoms with Crippen molar-refractivity contribution in [3.05, 3.63) is 35.9 Å². The van der Waals surface area contributed by atoms with E-state index in [0.29, 0.717) is 25.1 Å². The van der Waals surface area contributed by atoms with E-state index >= 15 is 0 Å². The molecule has 0 aliphatic carbocycles. The highest BCUT2D eigenvalue weighted by Crippen LogP contribution is 2.19. The molecular formula is C21H34N2O2. The van der Waals surface area contributed by atoms with Crippen LogP contribution in [0.3, 0.4) is 0 Å². The second-order valence-corrected chi connectivity index (χ2v) is 7.23. The van der Waals surface area contributed by atoms with E-state index in [0.717, 1.165) is 45.4 Å². The smallest absolute Gasteiger partial charge is 0.305 e. The maximum Gasteiger partial charge on any atom is 0.305 e. The molecule has 1 aromatic rings. The molecule has 0 radical (unpaired) electrons. The Bertz CT molecular complexity index is 494. The van der Waals surface area contributed by atoms with Crippen molar-refractivity contribution >= 4 is 5.97 Å². The average molecular weight is 347 g/mol. The van der Waals surface area contributed by atoms with E-state index in [2.05, 4.69) is 54.0 Å². The molecule has 1 fully saturated rings. The summed E-state index contributed by atoms with van der Waals surface area (Å²) in [6.45, 7) is 11.5. The van der Waals surface area contributed by atoms with Crippen LogP contribution in [0.4, 0.5) is 0 Å². The van der Waals surface area contributed by atoms with Crippen LogP contribution in [0.5, 0.6) is 0 Å². The maximum atomic E-state index is 11.3. The highest BCUT2D eigenvalue weighted by atomic mass is 16.5. The van der Waals surface area contributed by atoms with Gasteiger partial charge in [0.2, 0.25) is 0 Å². The third kappa shape index (κ3) is 6.79. The summed E-state index contributed by atoms with van der Waals surface area (Å²) in [7, 11) is 0. The molecule has 25 heavy (non-hydrogen) atoms. The zero-order valence-corrected chi connectivity index (χ0v) is 16.1. The number of hydrogen-bond acceptors (Lipinski definition) is 4. The van der Waals surface area contributed by atoms with Gasteiger partial charge < -0.3 is 9.64 Å². The van der Waals surface area contributed by atoms with Crippen molar-refractivity contribution in [3.8, 4) is 0 Å². The Kier molecular flexibility index (Phi) is 8.42. The zero-order valence-electron chi connectivity index (χ0n) is 16.1. The van der Waals surface area contributed by atoms with E-state index in [1.54, 1.807) is 0 Å². The van der Waals surface area contributed by atoms with Crippen molar-refractivity contribution in [2.24, 2.45) is 0 Å². The van der Waals surface area contributed by atoms with Gasteiger partial charge in [-0.05, 0) is 45.7 Å². The van der Waals surface area contributed by atoms with E-state index < -0.39 is 0 Å². The van der Waals surface area contributed by atoms with Gasteiger partial charge in [-0.15, -0.1) is 0 Å². The largest absolute Gasteiger partial charge is 0.466 e. The summed E-state index contributed by atoms with van der Waals surface area (Å²) in [5, 5.41) is 0. The molecular weight excluding hydrogens is 312 g/mol. The molecule has 1 aliphatic rings. The van der Waals surface area contributed by atoms with E-state index in [1.807, 2.05) is 6.92 Å². The molecule has 1 aliphatic heterocycles. The van der Waals surface area contributed by atoms with Crippen molar-refractivity contribution in [2.75, 3.05) is 26.2 Å². The Hall–Kier alpha value is -1.39. The van der Waals surface area contributed by atoms with Crippen LogP contribution in [0.1, 0.15) is 52.0 Å². The van der Waals surface area contributed by atoms with Crippen molar-refractivity contribution in [1.29, 1.82) is 0 Å². The summed E-state index contributed by atoms with van der Waals surface area (Å²) >= 11 is 0. The Labute approximate surface area is 153 Å². The predicted octanol–water partition coefficient (Wildman–Crippen LogP) is 3.70. The maximum absolute atomic E-state index is 11.3. The normalized spacial score (nSPS) is 22.0. The first-order valence-corrected chi connectivity index (χ1v) is 9.77. The highest BCUT2D eigenvalue weighted by molar-refractivity contribution is 5.69. The Morgan fingerprint density at radius 3 is 2.40 bits per heavy atom. The van der Waals surface area contributed by atoms with Crippen LogP contribution >= 0.6 is 0 Å². The molecule has 0 amide bonds. The first-order chi connectivity index (χ1) is 12.1. The number of hydrogen-bond donors (Lipinski definition) is 0. The number of esters is 1. The first-order valence-electron chi connectivity index (χ1n) is 9.77. The fourth-order valence-electron chi connectivity index (χ4n) is 3.77. The molecule has 0 unspecified atom stereocenters. The van der Waals surface area contributed by atoms with E-state index in [9.17, 15) is 4.79 Å². The number of nitrogens with zero attached hydrogens (tertiary/aromatic N) is 2. The summed E-state index contributed by atoms with van der Waals surface area (Å²) in [5.74, 6) is -0.0562. The molecule has 0 spiro atoms. The third-order valence-corrected chi connectivity index (χ3v) is 5.05. The van der Waals surface area contributed by atoms with Gasteiger partial charge in [-0.1, -0.05) is 36.8 Å². The van der Waals surface area contributed by atoms with Gasteiger partial charge in [0.1, 0.15) is 0 Å². The summed E-state index contributed by atoms with van der Waals surface area (Å²) in [6.07, 6.45) is 3.77. The van der Waals surface area contributed by atoms with Crippen molar-refractivity contribution in [2.45, 2.75) is 65.1 Å². The van der Waals surface area contributed by atoms with Crippen LogP contribution < -0.4 is 0 Å². The standard InChI is InChI=1S/C21H34N2O2/c1-4-25-21(24)13-9-6-10-14-22-15-18(2)23(19(3)16-22)17-20-11-7-5-8-12-20/h5,7-8,11-12,18-19H,4,6,9-10,13-17H2,1-3H3/t18-,19+. The monoisotopic (exact) mass is 346 g/mol. The number of benzene rings is 1. The zero-order chi connectivity index (χ0) is 18.1. The topological polar surface area (TPSA) is 32.8 Å². The third-order valence-electron chi connectivity index (χ3n) is 5.05. The van der Waals surface area contributed by atoms with Gasteiger partial charge >= 0.3 is 5.97 Å². The Morgan fingerprint density at radius 2 is 1.76 bits per heavy atom. The van der Waals surface area contributed by atoms with Gasteiger partial charge in [-0.3, -0.25) is 9.69 Å². The van der Waals surface area contributed by atoms with E-state index in [-0.39, 0.29) is 5.97 Å². The molecule has 4 heteroatoms. The summed E-state index contributed by atoms with van der Waals surface area (Å²) in [4.78, 5) is 16.5. The second kappa shape index (κ2) is 10.6. The summed E-state index contributed by atoms with van der Waals surface area (Å²) in [6, 6.07) is 11.9. The van der Waals surface area contributed by atoms with Crippen LogP contribution in [0.25, 0.3) is 0 Å². The van der Waals surface area contributed by atoms with Crippen LogP contribution in [-0.4, -0.2) is 54.1 Å². The lowest BCUT2D eigenvalue weighted by Gasteiger charge is -2.44. The molecule has 1 saturated heterocycles. The van der Waals surface area contributed by atoms with Gasteiger partial charge in [-0.2, -0.15) is 0 Å². The number of ether oxygens (including phenoxy) is 1. The minimum absolute atomic E-state index is 0.0562. The van der Waals surface area contributed by atoms with Gasteiger partial charge in [0.15, 0.2) is 0 Å². The summed E-state index contributed by atoms with van der Waals surface area (Å²) < 4.78 is 4.97. The predicted molar refractivity (Wildman–Crippen MR) is 102 cm³/mol. The molecule has 0 N–H and O–H groups in total.